The number of likely N-dealkylation sites (tertiary alicyclic amines) is 1. The summed E-state index contributed by atoms with van der Waals surface area (Å²) in [5.74, 6) is -0.731. The van der Waals surface area contributed by atoms with Gasteiger partial charge in [0, 0.05) is 18.8 Å². The highest BCUT2D eigenvalue weighted by Crippen LogP contribution is 2.50. The highest BCUT2D eigenvalue weighted by Gasteiger charge is 2.52. The van der Waals surface area contributed by atoms with Crippen molar-refractivity contribution in [2.45, 2.75) is 18.3 Å². The fourth-order valence-electron chi connectivity index (χ4n) is 4.97. The van der Waals surface area contributed by atoms with Gasteiger partial charge in [-0.05, 0) is 47.7 Å². The first-order chi connectivity index (χ1) is 15.1. The van der Waals surface area contributed by atoms with Crippen molar-refractivity contribution in [3.05, 3.63) is 84.4 Å². The van der Waals surface area contributed by atoms with Gasteiger partial charge in [-0.3, -0.25) is 19.4 Å². The Bertz CT molecular complexity index is 1120. The van der Waals surface area contributed by atoms with Crippen LogP contribution in [0, 0.1) is 0 Å². The van der Waals surface area contributed by atoms with E-state index in [-0.39, 0.29) is 12.5 Å². The highest BCUT2D eigenvalue weighted by atomic mass is 16.4. The van der Waals surface area contributed by atoms with Crippen molar-refractivity contribution in [3.63, 3.8) is 0 Å². The number of hydrogen-bond acceptors (Lipinski definition) is 3. The third kappa shape index (κ3) is 3.31. The van der Waals surface area contributed by atoms with Gasteiger partial charge >= 0.3 is 5.97 Å². The van der Waals surface area contributed by atoms with Gasteiger partial charge in [0.2, 0.25) is 5.91 Å². The first kappa shape index (κ1) is 19.5. The summed E-state index contributed by atoms with van der Waals surface area (Å²) in [7, 11) is 0. The first-order valence-corrected chi connectivity index (χ1v) is 10.6. The molecule has 31 heavy (non-hydrogen) atoms. The van der Waals surface area contributed by atoms with Gasteiger partial charge in [-0.15, -0.1) is 0 Å². The maximum atomic E-state index is 13.8. The Morgan fingerprint density at radius 1 is 0.839 bits per heavy atom. The second-order valence-electron chi connectivity index (χ2n) is 8.32. The maximum Gasteiger partial charge on any atom is 0.317 e. The molecule has 2 aliphatic heterocycles. The SMILES string of the molecule is O=C(O)CN1CCC2(CC1)C(=O)N(c1ccc(-c3ccccc3)cc1)c1ccccc12. The number of aliphatic carboxylic acids is 1. The minimum Gasteiger partial charge on any atom is -0.480 e. The van der Waals surface area contributed by atoms with Gasteiger partial charge in [-0.1, -0.05) is 60.7 Å². The molecule has 1 amide bonds. The molecule has 1 N–H and O–H groups in total. The van der Waals surface area contributed by atoms with Crippen LogP contribution in [0.25, 0.3) is 11.1 Å². The molecule has 5 heteroatoms. The largest absolute Gasteiger partial charge is 0.480 e. The van der Waals surface area contributed by atoms with Crippen LogP contribution in [0.4, 0.5) is 11.4 Å². The van der Waals surface area contributed by atoms with Gasteiger partial charge in [0.25, 0.3) is 0 Å². The lowest BCUT2D eigenvalue weighted by Gasteiger charge is -2.37. The summed E-state index contributed by atoms with van der Waals surface area (Å²) in [6, 6.07) is 26.3. The number of anilines is 2. The summed E-state index contributed by atoms with van der Waals surface area (Å²) in [6.07, 6.45) is 1.27. The molecule has 3 aromatic rings. The minimum atomic E-state index is -0.825. The van der Waals surface area contributed by atoms with E-state index < -0.39 is 11.4 Å². The van der Waals surface area contributed by atoms with E-state index in [9.17, 15) is 9.59 Å². The van der Waals surface area contributed by atoms with Gasteiger partial charge in [0.15, 0.2) is 0 Å². The van der Waals surface area contributed by atoms with E-state index in [1.54, 1.807) is 0 Å². The Labute approximate surface area is 181 Å². The average Bonchev–Trinajstić information content (AvgIpc) is 3.04. The molecule has 1 saturated heterocycles. The van der Waals surface area contributed by atoms with Crippen LogP contribution in [0.1, 0.15) is 18.4 Å². The fourth-order valence-corrected chi connectivity index (χ4v) is 4.97. The second kappa shape index (κ2) is 7.67. The number of carboxylic acid groups (broad SMARTS) is 1. The Kier molecular flexibility index (Phi) is 4.83. The van der Waals surface area contributed by atoms with E-state index in [1.807, 2.05) is 58.3 Å². The van der Waals surface area contributed by atoms with Crippen LogP contribution in [0.2, 0.25) is 0 Å². The number of carbonyl (C=O) groups is 2. The van der Waals surface area contributed by atoms with Crippen LogP contribution in [0.15, 0.2) is 78.9 Å². The molecule has 1 fully saturated rings. The number of carbonyl (C=O) groups excluding carboxylic acids is 1. The zero-order valence-electron chi connectivity index (χ0n) is 17.2. The fraction of sp³-hybridized carbons (Fsp3) is 0.231. The van der Waals surface area contributed by atoms with Crippen molar-refractivity contribution in [2.24, 2.45) is 0 Å². The number of hydrogen-bond donors (Lipinski definition) is 1. The van der Waals surface area contributed by atoms with E-state index in [2.05, 4.69) is 30.3 Å². The molecule has 0 aliphatic carbocycles. The van der Waals surface area contributed by atoms with Gasteiger partial charge < -0.3 is 5.11 Å². The standard InChI is InChI=1S/C26H24N2O3/c29-24(30)18-27-16-14-26(15-17-27)22-8-4-5-9-23(22)28(25(26)31)21-12-10-20(11-13-21)19-6-2-1-3-7-19/h1-13H,14-18H2,(H,29,30). The van der Waals surface area contributed by atoms with Crippen molar-refractivity contribution >= 4 is 23.3 Å². The van der Waals surface area contributed by atoms with Crippen molar-refractivity contribution in [2.75, 3.05) is 24.5 Å². The Hall–Kier alpha value is -3.44. The summed E-state index contributed by atoms with van der Waals surface area (Å²) in [5.41, 5.74) is 4.53. The van der Waals surface area contributed by atoms with Gasteiger partial charge in [0.1, 0.15) is 0 Å². The van der Waals surface area contributed by atoms with E-state index in [0.717, 1.165) is 28.1 Å². The molecule has 2 aliphatic rings. The van der Waals surface area contributed by atoms with E-state index in [0.29, 0.717) is 25.9 Å². The third-order valence-corrected chi connectivity index (χ3v) is 6.57. The zero-order valence-corrected chi connectivity index (χ0v) is 17.2. The topological polar surface area (TPSA) is 60.9 Å². The molecule has 3 aromatic carbocycles. The molecule has 0 radical (unpaired) electrons. The highest BCUT2D eigenvalue weighted by molar-refractivity contribution is 6.13. The lowest BCUT2D eigenvalue weighted by atomic mass is 9.73. The van der Waals surface area contributed by atoms with Gasteiger partial charge in [-0.2, -0.15) is 0 Å². The molecule has 5 nitrogen and oxygen atoms in total. The lowest BCUT2D eigenvalue weighted by Crippen LogP contribution is -2.48. The zero-order chi connectivity index (χ0) is 21.4. The van der Waals surface area contributed by atoms with Crippen LogP contribution >= 0.6 is 0 Å². The molecule has 0 bridgehead atoms. The van der Waals surface area contributed by atoms with Gasteiger partial charge in [-0.25, -0.2) is 0 Å². The number of nitrogens with zero attached hydrogens (tertiary/aromatic N) is 2. The molecule has 2 heterocycles. The van der Waals surface area contributed by atoms with Crippen molar-refractivity contribution in [1.29, 1.82) is 0 Å². The summed E-state index contributed by atoms with van der Waals surface area (Å²) in [6.45, 7) is 1.23. The lowest BCUT2D eigenvalue weighted by molar-refractivity contribution is -0.138. The average molecular weight is 412 g/mol. The Morgan fingerprint density at radius 2 is 1.45 bits per heavy atom. The number of carboxylic acids is 1. The quantitative estimate of drug-likeness (QED) is 0.688. The van der Waals surface area contributed by atoms with Crippen LogP contribution in [0.5, 0.6) is 0 Å². The Balaban J connectivity index is 1.47. The van der Waals surface area contributed by atoms with E-state index >= 15 is 0 Å². The van der Waals surface area contributed by atoms with Crippen LogP contribution in [0.3, 0.4) is 0 Å². The molecule has 0 unspecified atom stereocenters. The first-order valence-electron chi connectivity index (χ1n) is 10.6. The van der Waals surface area contributed by atoms with Crippen LogP contribution < -0.4 is 4.90 Å². The molecule has 0 atom stereocenters. The number of fused-ring (bicyclic) bond motifs is 2. The molecule has 0 aromatic heterocycles. The smallest absolute Gasteiger partial charge is 0.317 e. The van der Waals surface area contributed by atoms with Crippen molar-refractivity contribution < 1.29 is 14.7 Å². The second-order valence-corrected chi connectivity index (χ2v) is 8.32. The molecular formula is C26H24N2O3. The van der Waals surface area contributed by atoms with Crippen molar-refractivity contribution in [3.8, 4) is 11.1 Å². The third-order valence-electron chi connectivity index (χ3n) is 6.57. The number of benzene rings is 3. The monoisotopic (exact) mass is 412 g/mol. The molecule has 5 rings (SSSR count). The summed E-state index contributed by atoms with van der Waals surface area (Å²) in [5, 5.41) is 9.11. The maximum absolute atomic E-state index is 13.8. The molecule has 156 valence electrons. The van der Waals surface area contributed by atoms with E-state index in [1.165, 1.54) is 0 Å². The number of amides is 1. The van der Waals surface area contributed by atoms with Crippen LogP contribution in [-0.4, -0.2) is 41.5 Å². The number of piperidine rings is 1. The predicted molar refractivity (Wildman–Crippen MR) is 120 cm³/mol. The van der Waals surface area contributed by atoms with Crippen LogP contribution in [-0.2, 0) is 15.0 Å². The molecule has 0 saturated carbocycles. The number of rotatable bonds is 4. The summed E-state index contributed by atoms with van der Waals surface area (Å²) >= 11 is 0. The molecule has 1 spiro atoms. The minimum absolute atomic E-state index is 0.0244. The summed E-state index contributed by atoms with van der Waals surface area (Å²) < 4.78 is 0. The van der Waals surface area contributed by atoms with Crippen molar-refractivity contribution in [1.82, 2.24) is 4.90 Å². The molecular weight excluding hydrogens is 388 g/mol. The van der Waals surface area contributed by atoms with Gasteiger partial charge in [0.05, 0.1) is 17.6 Å². The normalized spacial score (nSPS) is 17.7. The summed E-state index contributed by atoms with van der Waals surface area (Å²) in [4.78, 5) is 28.7. The predicted octanol–water partition coefficient (Wildman–Crippen LogP) is 4.45. The van der Waals surface area contributed by atoms with E-state index in [4.69, 9.17) is 5.11 Å². The Morgan fingerprint density at radius 3 is 2.13 bits per heavy atom. The number of para-hydroxylation sites is 1.